The third-order valence-electron chi connectivity index (χ3n) is 2.32. The van der Waals surface area contributed by atoms with Crippen molar-refractivity contribution in [3.63, 3.8) is 0 Å². The summed E-state index contributed by atoms with van der Waals surface area (Å²) < 4.78 is 4.87. The molecular weight excluding hydrogens is 166 g/mol. The second kappa shape index (κ2) is 7.30. The van der Waals surface area contributed by atoms with Gasteiger partial charge in [-0.2, -0.15) is 0 Å². The Morgan fingerprint density at radius 1 is 1.46 bits per heavy atom. The Kier molecular flexibility index (Phi) is 7.23. The summed E-state index contributed by atoms with van der Waals surface area (Å²) in [7, 11) is 3.65. The fourth-order valence-electron chi connectivity index (χ4n) is 1.40. The van der Waals surface area contributed by atoms with Gasteiger partial charge in [-0.05, 0) is 20.4 Å². The van der Waals surface area contributed by atoms with Gasteiger partial charge in [0.05, 0.1) is 12.7 Å². The van der Waals surface area contributed by atoms with Gasteiger partial charge < -0.3 is 14.7 Å². The molecule has 0 aromatic carbocycles. The Balaban J connectivity index is 3.64. The number of ether oxygens (including phenoxy) is 1. The van der Waals surface area contributed by atoms with Gasteiger partial charge in [0.25, 0.3) is 0 Å². The molecule has 0 radical (unpaired) electrons. The second-order valence-electron chi connectivity index (χ2n) is 3.69. The summed E-state index contributed by atoms with van der Waals surface area (Å²) in [6.07, 6.45) is 2.00. The van der Waals surface area contributed by atoms with Crippen LogP contribution < -0.4 is 0 Å². The summed E-state index contributed by atoms with van der Waals surface area (Å²) in [5.74, 6) is 0. The van der Waals surface area contributed by atoms with Crippen molar-refractivity contribution >= 4 is 0 Å². The van der Waals surface area contributed by atoms with Crippen molar-refractivity contribution in [2.75, 3.05) is 27.3 Å². The molecular formula is C10H23NO2. The van der Waals surface area contributed by atoms with Crippen LogP contribution in [0, 0.1) is 0 Å². The maximum Gasteiger partial charge on any atom is 0.0900 e. The van der Waals surface area contributed by atoms with E-state index in [9.17, 15) is 5.11 Å². The minimum atomic E-state index is -0.366. The largest absolute Gasteiger partial charge is 0.389 e. The topological polar surface area (TPSA) is 32.7 Å². The quantitative estimate of drug-likeness (QED) is 0.651. The maximum absolute atomic E-state index is 9.47. The third-order valence-corrected chi connectivity index (χ3v) is 2.32. The van der Waals surface area contributed by atoms with Crippen molar-refractivity contribution in [1.82, 2.24) is 4.90 Å². The van der Waals surface area contributed by atoms with E-state index in [1.165, 1.54) is 12.8 Å². The molecule has 0 spiro atoms. The number of nitrogens with zero attached hydrogens (tertiary/aromatic N) is 1. The predicted octanol–water partition coefficient (Wildman–Crippen LogP) is 1.11. The van der Waals surface area contributed by atoms with Crippen LogP contribution in [0.2, 0.25) is 0 Å². The van der Waals surface area contributed by atoms with Crippen LogP contribution in [0.1, 0.15) is 26.7 Å². The number of aliphatic hydroxyl groups excluding tert-OH is 1. The number of aliphatic hydroxyl groups is 1. The van der Waals surface area contributed by atoms with Crippen molar-refractivity contribution in [2.45, 2.75) is 38.8 Å². The molecule has 2 unspecified atom stereocenters. The van der Waals surface area contributed by atoms with Crippen molar-refractivity contribution in [3.8, 4) is 0 Å². The second-order valence-corrected chi connectivity index (χ2v) is 3.69. The Morgan fingerprint density at radius 3 is 2.54 bits per heavy atom. The fourth-order valence-corrected chi connectivity index (χ4v) is 1.40. The summed E-state index contributed by atoms with van der Waals surface area (Å²) in [6.45, 7) is 5.47. The van der Waals surface area contributed by atoms with Crippen LogP contribution >= 0.6 is 0 Å². The summed E-state index contributed by atoms with van der Waals surface area (Å²) in [5.41, 5.74) is 0. The molecule has 3 nitrogen and oxygen atoms in total. The Morgan fingerprint density at radius 2 is 2.08 bits per heavy atom. The highest BCUT2D eigenvalue weighted by Gasteiger charge is 2.12. The van der Waals surface area contributed by atoms with Crippen molar-refractivity contribution in [1.29, 1.82) is 0 Å². The van der Waals surface area contributed by atoms with E-state index in [0.29, 0.717) is 19.2 Å². The molecule has 0 aliphatic rings. The molecule has 0 fully saturated rings. The highest BCUT2D eigenvalue weighted by molar-refractivity contribution is 4.66. The van der Waals surface area contributed by atoms with E-state index in [1.54, 1.807) is 7.11 Å². The average molecular weight is 189 g/mol. The highest BCUT2D eigenvalue weighted by atomic mass is 16.5. The number of likely N-dealkylation sites (N-methyl/N-ethyl adjacent to an activating group) is 1. The van der Waals surface area contributed by atoms with Crippen LogP contribution in [0.15, 0.2) is 0 Å². The molecule has 80 valence electrons. The molecule has 0 saturated heterocycles. The van der Waals surface area contributed by atoms with Crippen molar-refractivity contribution < 1.29 is 9.84 Å². The van der Waals surface area contributed by atoms with Gasteiger partial charge in [-0.25, -0.2) is 0 Å². The predicted molar refractivity (Wildman–Crippen MR) is 54.9 cm³/mol. The Labute approximate surface area is 81.7 Å². The molecule has 0 aromatic rings. The van der Waals surface area contributed by atoms with E-state index >= 15 is 0 Å². The third kappa shape index (κ3) is 6.02. The van der Waals surface area contributed by atoms with Gasteiger partial charge in [-0.3, -0.25) is 0 Å². The van der Waals surface area contributed by atoms with Crippen LogP contribution in [0.4, 0.5) is 0 Å². The highest BCUT2D eigenvalue weighted by Crippen LogP contribution is 2.04. The minimum Gasteiger partial charge on any atom is -0.389 e. The number of hydrogen-bond donors (Lipinski definition) is 1. The normalized spacial score (nSPS) is 16.2. The molecule has 0 bridgehead atoms. The van der Waals surface area contributed by atoms with E-state index in [-0.39, 0.29) is 6.10 Å². The molecule has 0 rings (SSSR count). The van der Waals surface area contributed by atoms with E-state index in [1.807, 2.05) is 7.05 Å². The molecule has 0 aliphatic carbocycles. The molecule has 0 amide bonds. The van der Waals surface area contributed by atoms with Gasteiger partial charge in [0.15, 0.2) is 0 Å². The van der Waals surface area contributed by atoms with Crippen LogP contribution in [0.5, 0.6) is 0 Å². The van der Waals surface area contributed by atoms with E-state index in [2.05, 4.69) is 18.7 Å². The van der Waals surface area contributed by atoms with Crippen LogP contribution in [0.3, 0.4) is 0 Å². The zero-order valence-corrected chi connectivity index (χ0v) is 9.29. The molecule has 0 aliphatic heterocycles. The van der Waals surface area contributed by atoms with Crippen molar-refractivity contribution in [3.05, 3.63) is 0 Å². The first kappa shape index (κ1) is 12.9. The summed E-state index contributed by atoms with van der Waals surface area (Å²) >= 11 is 0. The lowest BCUT2D eigenvalue weighted by molar-refractivity contribution is 0.0350. The molecule has 0 aromatic heterocycles. The zero-order valence-electron chi connectivity index (χ0n) is 9.29. The Hall–Kier alpha value is -0.120. The average Bonchev–Trinajstić information content (AvgIpc) is 2.05. The minimum absolute atomic E-state index is 0.366. The summed E-state index contributed by atoms with van der Waals surface area (Å²) in [6, 6.07) is 0.538. The molecule has 13 heavy (non-hydrogen) atoms. The van der Waals surface area contributed by atoms with E-state index < -0.39 is 0 Å². The van der Waals surface area contributed by atoms with Gasteiger partial charge in [-0.1, -0.05) is 13.3 Å². The van der Waals surface area contributed by atoms with Gasteiger partial charge in [0.1, 0.15) is 0 Å². The lowest BCUT2D eigenvalue weighted by Gasteiger charge is -2.26. The first-order valence-electron chi connectivity index (χ1n) is 4.99. The number of hydrogen-bond acceptors (Lipinski definition) is 3. The number of rotatable bonds is 7. The zero-order chi connectivity index (χ0) is 10.3. The van der Waals surface area contributed by atoms with Crippen LogP contribution in [0.25, 0.3) is 0 Å². The molecule has 3 heteroatoms. The van der Waals surface area contributed by atoms with Gasteiger partial charge in [0, 0.05) is 19.7 Å². The molecule has 1 N–H and O–H groups in total. The van der Waals surface area contributed by atoms with Crippen LogP contribution in [-0.4, -0.2) is 49.5 Å². The lowest BCUT2D eigenvalue weighted by atomic mass is 10.1. The standard InChI is InChI=1S/C10H23NO2/c1-5-6-9(2)11(3)7-10(12)8-13-4/h9-10,12H,5-8H2,1-4H3. The molecule has 2 atom stereocenters. The van der Waals surface area contributed by atoms with Gasteiger partial charge >= 0.3 is 0 Å². The maximum atomic E-state index is 9.47. The number of methoxy groups -OCH3 is 1. The van der Waals surface area contributed by atoms with E-state index in [4.69, 9.17) is 4.74 Å². The summed E-state index contributed by atoms with van der Waals surface area (Å²) in [5, 5.41) is 9.47. The summed E-state index contributed by atoms with van der Waals surface area (Å²) in [4.78, 5) is 2.17. The van der Waals surface area contributed by atoms with Gasteiger partial charge in [0.2, 0.25) is 0 Å². The first-order chi connectivity index (χ1) is 6.11. The van der Waals surface area contributed by atoms with E-state index in [0.717, 1.165) is 0 Å². The SMILES string of the molecule is CCCC(C)N(C)CC(O)COC. The first-order valence-corrected chi connectivity index (χ1v) is 4.99. The monoisotopic (exact) mass is 189 g/mol. The van der Waals surface area contributed by atoms with Crippen molar-refractivity contribution in [2.24, 2.45) is 0 Å². The van der Waals surface area contributed by atoms with Gasteiger partial charge in [-0.15, -0.1) is 0 Å². The molecule has 0 saturated carbocycles. The fraction of sp³-hybridized carbons (Fsp3) is 1.00. The lowest BCUT2D eigenvalue weighted by Crippen LogP contribution is -2.37. The Bertz CT molecular complexity index is 119. The molecule has 0 heterocycles. The smallest absolute Gasteiger partial charge is 0.0900 e. The van der Waals surface area contributed by atoms with Crippen LogP contribution in [-0.2, 0) is 4.74 Å².